The molecule has 2 saturated heterocycles. The zero-order chi connectivity index (χ0) is 20.8. The van der Waals surface area contributed by atoms with Crippen molar-refractivity contribution >= 4 is 35.1 Å². The third-order valence-electron chi connectivity index (χ3n) is 6.14. The summed E-state index contributed by atoms with van der Waals surface area (Å²) in [6.07, 6.45) is 2.27. The van der Waals surface area contributed by atoms with Crippen LogP contribution in [0.2, 0.25) is 5.02 Å². The van der Waals surface area contributed by atoms with Gasteiger partial charge in [0, 0.05) is 42.8 Å². The normalized spacial score (nSPS) is 27.1. The number of anilines is 1. The summed E-state index contributed by atoms with van der Waals surface area (Å²) in [7, 11) is 0. The van der Waals surface area contributed by atoms with Crippen LogP contribution in [-0.2, 0) is 9.59 Å². The highest BCUT2D eigenvalue weighted by Gasteiger charge is 2.55. The van der Waals surface area contributed by atoms with E-state index in [0.29, 0.717) is 36.8 Å². The van der Waals surface area contributed by atoms with Crippen molar-refractivity contribution < 1.29 is 18.8 Å². The van der Waals surface area contributed by atoms with Gasteiger partial charge < -0.3 is 15.1 Å². The van der Waals surface area contributed by atoms with E-state index >= 15 is 0 Å². The van der Waals surface area contributed by atoms with Gasteiger partial charge in [0.2, 0.25) is 5.91 Å². The maximum atomic E-state index is 13.7. The van der Waals surface area contributed by atoms with Gasteiger partial charge in [-0.25, -0.2) is 9.18 Å². The molecule has 1 aromatic rings. The summed E-state index contributed by atoms with van der Waals surface area (Å²) in [5.41, 5.74) is -0.244. The van der Waals surface area contributed by atoms with Gasteiger partial charge in [0.25, 0.3) is 5.91 Å². The Kier molecular flexibility index (Phi) is 5.14. The molecule has 0 spiro atoms. The molecule has 156 valence electrons. The van der Waals surface area contributed by atoms with E-state index in [4.69, 9.17) is 11.6 Å². The molecule has 2 N–H and O–H groups in total. The highest BCUT2D eigenvalue weighted by atomic mass is 35.5. The summed E-state index contributed by atoms with van der Waals surface area (Å²) in [6, 6.07) is 3.95. The van der Waals surface area contributed by atoms with E-state index in [1.54, 1.807) is 11.0 Å². The van der Waals surface area contributed by atoms with E-state index in [2.05, 4.69) is 10.6 Å². The lowest BCUT2D eigenvalue weighted by Crippen LogP contribution is -2.54. The zero-order valence-electron chi connectivity index (χ0n) is 16.2. The van der Waals surface area contributed by atoms with E-state index in [0.717, 1.165) is 12.8 Å². The number of urea groups is 1. The van der Waals surface area contributed by atoms with Crippen molar-refractivity contribution in [3.8, 4) is 0 Å². The average Bonchev–Trinajstić information content (AvgIpc) is 3.45. The molecule has 9 heteroatoms. The summed E-state index contributed by atoms with van der Waals surface area (Å²) in [5, 5.41) is 5.41. The lowest BCUT2D eigenvalue weighted by molar-refractivity contribution is -0.133. The van der Waals surface area contributed by atoms with Gasteiger partial charge in [0.05, 0.1) is 0 Å². The molecule has 0 aromatic heterocycles. The maximum absolute atomic E-state index is 13.7. The highest BCUT2D eigenvalue weighted by molar-refractivity contribution is 6.30. The van der Waals surface area contributed by atoms with E-state index < -0.39 is 11.6 Å². The summed E-state index contributed by atoms with van der Waals surface area (Å²) >= 11 is 5.97. The van der Waals surface area contributed by atoms with Crippen molar-refractivity contribution in [2.75, 3.05) is 24.5 Å². The number of hydrogen-bond donors (Lipinski definition) is 2. The number of carbonyl (C=O) groups excluding carboxylic acids is 3. The second kappa shape index (κ2) is 7.48. The second-order valence-corrected chi connectivity index (χ2v) is 8.60. The number of carbonyl (C=O) groups is 3. The van der Waals surface area contributed by atoms with Crippen molar-refractivity contribution in [1.82, 2.24) is 15.5 Å². The number of benzene rings is 1. The Morgan fingerprint density at radius 2 is 2.03 bits per heavy atom. The topological polar surface area (TPSA) is 81.8 Å². The third-order valence-corrected chi connectivity index (χ3v) is 6.35. The quantitative estimate of drug-likeness (QED) is 0.713. The molecule has 2 heterocycles. The molecule has 2 aliphatic heterocycles. The van der Waals surface area contributed by atoms with Crippen LogP contribution in [0.3, 0.4) is 0 Å². The first-order chi connectivity index (χ1) is 13.8. The van der Waals surface area contributed by atoms with Crippen LogP contribution >= 0.6 is 11.6 Å². The summed E-state index contributed by atoms with van der Waals surface area (Å²) in [5.74, 6) is -0.641. The highest BCUT2D eigenvalue weighted by Crippen LogP contribution is 2.43. The van der Waals surface area contributed by atoms with Gasteiger partial charge in [-0.3, -0.25) is 14.9 Å². The molecule has 3 fully saturated rings. The van der Waals surface area contributed by atoms with Crippen molar-refractivity contribution in [1.29, 1.82) is 0 Å². The van der Waals surface area contributed by atoms with Gasteiger partial charge >= 0.3 is 6.03 Å². The first-order valence-electron chi connectivity index (χ1n) is 9.92. The first-order valence-corrected chi connectivity index (χ1v) is 10.3. The van der Waals surface area contributed by atoms with Gasteiger partial charge in [-0.05, 0) is 50.3 Å². The standard InChI is InChI=1S/C20H24ClFN4O3/c1-12-11-25(6-7-26(12)16-9-14(21)8-15(22)10-16)17(27)4-5-20(13-2-3-13)18(28)23-19(29)24-20/h8-10,12-13H,2-7,11H2,1H3,(H2,23,24,28,29)/t12-,20?/m0/s1. The van der Waals surface area contributed by atoms with Gasteiger partial charge in [0.1, 0.15) is 11.4 Å². The minimum Gasteiger partial charge on any atom is -0.365 e. The second-order valence-electron chi connectivity index (χ2n) is 8.16. The van der Waals surface area contributed by atoms with Gasteiger partial charge in [-0.1, -0.05) is 11.6 Å². The molecule has 0 radical (unpaired) electrons. The van der Waals surface area contributed by atoms with Crippen molar-refractivity contribution in [3.05, 3.63) is 29.0 Å². The molecule has 0 bridgehead atoms. The Morgan fingerprint density at radius 3 is 2.62 bits per heavy atom. The zero-order valence-corrected chi connectivity index (χ0v) is 17.0. The van der Waals surface area contributed by atoms with Crippen LogP contribution in [0.4, 0.5) is 14.9 Å². The molecule has 1 unspecified atom stereocenters. The number of imide groups is 1. The third kappa shape index (κ3) is 3.90. The van der Waals surface area contributed by atoms with Crippen molar-refractivity contribution in [3.63, 3.8) is 0 Å². The number of amides is 4. The fraction of sp³-hybridized carbons (Fsp3) is 0.550. The molecule has 4 rings (SSSR count). The summed E-state index contributed by atoms with van der Waals surface area (Å²) in [6.45, 7) is 3.56. The SMILES string of the molecule is C[C@H]1CN(C(=O)CCC2(C3CC3)NC(=O)NC2=O)CCN1c1cc(F)cc(Cl)c1. The minimum absolute atomic E-state index is 0.00237. The van der Waals surface area contributed by atoms with E-state index in [1.807, 2.05) is 11.8 Å². The Labute approximate surface area is 173 Å². The lowest BCUT2D eigenvalue weighted by atomic mass is 9.87. The number of rotatable bonds is 5. The van der Waals surface area contributed by atoms with Crippen molar-refractivity contribution in [2.24, 2.45) is 5.92 Å². The van der Waals surface area contributed by atoms with Gasteiger partial charge in [-0.15, -0.1) is 0 Å². The van der Waals surface area contributed by atoms with Gasteiger partial charge in [-0.2, -0.15) is 0 Å². The number of piperazine rings is 1. The number of nitrogens with one attached hydrogen (secondary N) is 2. The number of nitrogens with zero attached hydrogens (tertiary/aromatic N) is 2. The predicted octanol–water partition coefficient (Wildman–Crippen LogP) is 2.28. The molecule has 1 aliphatic carbocycles. The van der Waals surface area contributed by atoms with Crippen LogP contribution in [0.5, 0.6) is 0 Å². The largest absolute Gasteiger partial charge is 0.365 e. The van der Waals surface area contributed by atoms with E-state index in [1.165, 1.54) is 12.1 Å². The molecular weight excluding hydrogens is 399 g/mol. The Bertz CT molecular complexity index is 842. The average molecular weight is 423 g/mol. The monoisotopic (exact) mass is 422 g/mol. The Balaban J connectivity index is 1.37. The van der Waals surface area contributed by atoms with Gasteiger partial charge in [0.15, 0.2) is 0 Å². The molecule has 3 aliphatic rings. The molecular formula is C20H24ClFN4O3. The van der Waals surface area contributed by atoms with Crippen LogP contribution in [0.1, 0.15) is 32.6 Å². The predicted molar refractivity (Wildman–Crippen MR) is 106 cm³/mol. The molecule has 1 aromatic carbocycles. The fourth-order valence-corrected chi connectivity index (χ4v) is 4.70. The molecule has 7 nitrogen and oxygen atoms in total. The molecule has 1 saturated carbocycles. The Morgan fingerprint density at radius 1 is 1.28 bits per heavy atom. The fourth-order valence-electron chi connectivity index (χ4n) is 4.48. The smallest absolute Gasteiger partial charge is 0.322 e. The van der Waals surface area contributed by atoms with Crippen LogP contribution in [0.15, 0.2) is 18.2 Å². The lowest BCUT2D eigenvalue weighted by Gasteiger charge is -2.41. The van der Waals surface area contributed by atoms with Crippen LogP contribution < -0.4 is 15.5 Å². The van der Waals surface area contributed by atoms with E-state index in [-0.39, 0.29) is 36.0 Å². The maximum Gasteiger partial charge on any atom is 0.322 e. The minimum atomic E-state index is -0.946. The molecule has 29 heavy (non-hydrogen) atoms. The number of hydrogen-bond acceptors (Lipinski definition) is 4. The van der Waals surface area contributed by atoms with Crippen LogP contribution in [-0.4, -0.2) is 54.0 Å². The summed E-state index contributed by atoms with van der Waals surface area (Å²) in [4.78, 5) is 40.6. The van der Waals surface area contributed by atoms with E-state index in [9.17, 15) is 18.8 Å². The van der Waals surface area contributed by atoms with Crippen LogP contribution in [0.25, 0.3) is 0 Å². The number of halogens is 2. The molecule has 2 atom stereocenters. The first kappa shape index (κ1) is 19.9. The molecule has 4 amide bonds. The Hall–Kier alpha value is -2.35. The summed E-state index contributed by atoms with van der Waals surface area (Å²) < 4.78 is 13.7. The van der Waals surface area contributed by atoms with Crippen molar-refractivity contribution in [2.45, 2.75) is 44.2 Å². The van der Waals surface area contributed by atoms with Crippen LogP contribution in [0, 0.1) is 11.7 Å².